The van der Waals surface area contributed by atoms with Crippen LogP contribution in [0.15, 0.2) is 21.2 Å². The van der Waals surface area contributed by atoms with Gasteiger partial charge in [0.1, 0.15) is 5.76 Å². The molecule has 1 heterocycles. The molecular formula is C13H19BrN2O3. The Morgan fingerprint density at radius 2 is 2.32 bits per heavy atom. The van der Waals surface area contributed by atoms with Crippen LogP contribution in [0.3, 0.4) is 0 Å². The molecule has 1 aromatic rings. The fourth-order valence-corrected chi connectivity index (χ4v) is 2.76. The Bertz CT molecular complexity index is 429. The standard InChI is InChI=1S/C13H19BrN2O3/c1-2-16(8-13(17)18)10-5-9(6-10)15-7-11-3-4-12(14)19-11/h3-4,9-10,15H,2,5-8H2,1H3,(H,17,18). The van der Waals surface area contributed by atoms with Gasteiger partial charge in [-0.2, -0.15) is 0 Å². The highest BCUT2D eigenvalue weighted by Crippen LogP contribution is 2.26. The van der Waals surface area contributed by atoms with Crippen molar-refractivity contribution >= 4 is 21.9 Å². The van der Waals surface area contributed by atoms with Crippen LogP contribution in [-0.2, 0) is 11.3 Å². The van der Waals surface area contributed by atoms with Crippen molar-refractivity contribution in [2.75, 3.05) is 13.1 Å². The highest BCUT2D eigenvalue weighted by atomic mass is 79.9. The molecule has 2 rings (SSSR count). The lowest BCUT2D eigenvalue weighted by molar-refractivity contribution is -0.139. The van der Waals surface area contributed by atoms with Crippen LogP contribution >= 0.6 is 15.9 Å². The minimum Gasteiger partial charge on any atom is -0.480 e. The summed E-state index contributed by atoms with van der Waals surface area (Å²) in [5, 5.41) is 12.3. The van der Waals surface area contributed by atoms with Gasteiger partial charge in [0.2, 0.25) is 0 Å². The third kappa shape index (κ3) is 4.06. The van der Waals surface area contributed by atoms with E-state index in [-0.39, 0.29) is 6.54 Å². The zero-order valence-electron chi connectivity index (χ0n) is 10.9. The molecule has 2 N–H and O–H groups in total. The number of nitrogens with zero attached hydrogens (tertiary/aromatic N) is 1. The summed E-state index contributed by atoms with van der Waals surface area (Å²) in [4.78, 5) is 12.8. The van der Waals surface area contributed by atoms with E-state index in [1.807, 2.05) is 24.0 Å². The maximum Gasteiger partial charge on any atom is 0.317 e. The average Bonchev–Trinajstić information content (AvgIpc) is 2.71. The van der Waals surface area contributed by atoms with Crippen LogP contribution in [0, 0.1) is 0 Å². The van der Waals surface area contributed by atoms with Gasteiger partial charge < -0.3 is 14.8 Å². The van der Waals surface area contributed by atoms with E-state index in [2.05, 4.69) is 21.2 Å². The van der Waals surface area contributed by atoms with E-state index in [4.69, 9.17) is 9.52 Å². The molecule has 6 heteroatoms. The molecule has 0 saturated heterocycles. The maximum absolute atomic E-state index is 10.7. The summed E-state index contributed by atoms with van der Waals surface area (Å²) in [6, 6.07) is 4.67. The van der Waals surface area contributed by atoms with Gasteiger partial charge in [-0.1, -0.05) is 6.92 Å². The number of furan rings is 1. The molecule has 0 spiro atoms. The summed E-state index contributed by atoms with van der Waals surface area (Å²) in [6.45, 7) is 3.64. The molecule has 1 aliphatic carbocycles. The van der Waals surface area contributed by atoms with Crippen LogP contribution < -0.4 is 5.32 Å². The summed E-state index contributed by atoms with van der Waals surface area (Å²) in [5.74, 6) is 0.159. The number of hydrogen-bond donors (Lipinski definition) is 2. The molecule has 1 aromatic heterocycles. The van der Waals surface area contributed by atoms with Gasteiger partial charge in [0, 0.05) is 12.1 Å². The lowest BCUT2D eigenvalue weighted by Crippen LogP contribution is -2.53. The molecule has 0 aliphatic heterocycles. The van der Waals surface area contributed by atoms with Crippen LogP contribution in [0.4, 0.5) is 0 Å². The summed E-state index contributed by atoms with van der Waals surface area (Å²) >= 11 is 3.27. The fraction of sp³-hybridized carbons (Fsp3) is 0.615. The first kappa shape index (κ1) is 14.6. The second-order valence-electron chi connectivity index (χ2n) is 4.87. The molecular weight excluding hydrogens is 312 g/mol. The summed E-state index contributed by atoms with van der Waals surface area (Å²) in [6.07, 6.45) is 2.01. The summed E-state index contributed by atoms with van der Waals surface area (Å²) in [5.41, 5.74) is 0. The minimum absolute atomic E-state index is 0.138. The molecule has 0 bridgehead atoms. The van der Waals surface area contributed by atoms with Gasteiger partial charge in [-0.05, 0) is 47.4 Å². The van der Waals surface area contributed by atoms with Gasteiger partial charge in [-0.15, -0.1) is 0 Å². The lowest BCUT2D eigenvalue weighted by Gasteiger charge is -2.42. The van der Waals surface area contributed by atoms with Crippen molar-refractivity contribution in [1.29, 1.82) is 0 Å². The minimum atomic E-state index is -0.751. The Morgan fingerprint density at radius 3 is 2.84 bits per heavy atom. The monoisotopic (exact) mass is 330 g/mol. The van der Waals surface area contributed by atoms with E-state index in [0.29, 0.717) is 18.6 Å². The molecule has 0 amide bonds. The fourth-order valence-electron chi connectivity index (χ4n) is 2.42. The molecule has 0 radical (unpaired) electrons. The van der Waals surface area contributed by atoms with Gasteiger partial charge in [0.25, 0.3) is 0 Å². The van der Waals surface area contributed by atoms with E-state index < -0.39 is 5.97 Å². The predicted octanol–water partition coefficient (Wildman–Crippen LogP) is 2.07. The molecule has 0 unspecified atom stereocenters. The maximum atomic E-state index is 10.7. The topological polar surface area (TPSA) is 65.7 Å². The molecule has 5 nitrogen and oxygen atoms in total. The van der Waals surface area contributed by atoms with Crippen molar-refractivity contribution in [3.8, 4) is 0 Å². The van der Waals surface area contributed by atoms with Crippen LogP contribution in [0.5, 0.6) is 0 Å². The summed E-state index contributed by atoms with van der Waals surface area (Å²) in [7, 11) is 0. The first-order valence-electron chi connectivity index (χ1n) is 6.52. The van der Waals surface area contributed by atoms with Crippen molar-refractivity contribution in [2.24, 2.45) is 0 Å². The summed E-state index contributed by atoms with van der Waals surface area (Å²) < 4.78 is 6.16. The zero-order chi connectivity index (χ0) is 13.8. The quantitative estimate of drug-likeness (QED) is 0.801. The van der Waals surface area contributed by atoms with Crippen LogP contribution in [0.25, 0.3) is 0 Å². The van der Waals surface area contributed by atoms with Crippen molar-refractivity contribution in [3.63, 3.8) is 0 Å². The second-order valence-corrected chi connectivity index (χ2v) is 5.65. The van der Waals surface area contributed by atoms with Crippen molar-refractivity contribution < 1.29 is 14.3 Å². The van der Waals surface area contributed by atoms with Gasteiger partial charge in [-0.3, -0.25) is 9.69 Å². The molecule has 19 heavy (non-hydrogen) atoms. The van der Waals surface area contributed by atoms with Crippen LogP contribution in [0.1, 0.15) is 25.5 Å². The lowest BCUT2D eigenvalue weighted by atomic mass is 9.85. The number of carboxylic acid groups (broad SMARTS) is 1. The number of nitrogens with one attached hydrogen (secondary N) is 1. The smallest absolute Gasteiger partial charge is 0.317 e. The predicted molar refractivity (Wildman–Crippen MR) is 74.9 cm³/mol. The average molecular weight is 331 g/mol. The van der Waals surface area contributed by atoms with Gasteiger partial charge in [0.15, 0.2) is 4.67 Å². The van der Waals surface area contributed by atoms with Gasteiger partial charge in [-0.25, -0.2) is 0 Å². The third-order valence-corrected chi connectivity index (χ3v) is 3.99. The van der Waals surface area contributed by atoms with E-state index in [1.165, 1.54) is 0 Å². The number of aliphatic carboxylic acids is 1. The van der Waals surface area contributed by atoms with Crippen LogP contribution in [-0.4, -0.2) is 41.1 Å². The first-order chi connectivity index (χ1) is 9.08. The van der Waals surface area contributed by atoms with Crippen molar-refractivity contribution in [1.82, 2.24) is 10.2 Å². The number of rotatable bonds is 7. The van der Waals surface area contributed by atoms with Crippen LogP contribution in [0.2, 0.25) is 0 Å². The Morgan fingerprint density at radius 1 is 1.58 bits per heavy atom. The molecule has 0 atom stereocenters. The van der Waals surface area contributed by atoms with E-state index >= 15 is 0 Å². The molecule has 106 valence electrons. The Labute approximate surface area is 121 Å². The Kier molecular flexibility index (Phi) is 5.01. The normalized spacial score (nSPS) is 22.5. The first-order valence-corrected chi connectivity index (χ1v) is 7.31. The molecule has 1 fully saturated rings. The number of likely N-dealkylation sites (N-methyl/N-ethyl adjacent to an activating group) is 1. The second kappa shape index (κ2) is 6.54. The SMILES string of the molecule is CCN(CC(=O)O)C1CC(NCc2ccc(Br)o2)C1. The van der Waals surface area contributed by atoms with E-state index in [0.717, 1.165) is 29.8 Å². The van der Waals surface area contributed by atoms with E-state index in [9.17, 15) is 4.79 Å². The van der Waals surface area contributed by atoms with E-state index in [1.54, 1.807) is 0 Å². The van der Waals surface area contributed by atoms with Gasteiger partial charge >= 0.3 is 5.97 Å². The van der Waals surface area contributed by atoms with Crippen molar-refractivity contribution in [2.45, 2.75) is 38.4 Å². The number of carbonyl (C=O) groups is 1. The Balaban J connectivity index is 1.69. The van der Waals surface area contributed by atoms with Gasteiger partial charge in [0.05, 0.1) is 13.1 Å². The number of halogens is 1. The van der Waals surface area contributed by atoms with Crippen molar-refractivity contribution in [3.05, 3.63) is 22.6 Å². The molecule has 1 saturated carbocycles. The molecule has 1 aliphatic rings. The third-order valence-electron chi connectivity index (χ3n) is 3.57. The highest BCUT2D eigenvalue weighted by Gasteiger charge is 2.33. The number of carboxylic acids is 1. The Hall–Kier alpha value is -0.850. The number of hydrogen-bond acceptors (Lipinski definition) is 4. The largest absolute Gasteiger partial charge is 0.480 e. The highest BCUT2D eigenvalue weighted by molar-refractivity contribution is 9.10. The zero-order valence-corrected chi connectivity index (χ0v) is 12.5. The molecule has 0 aromatic carbocycles.